The molecule has 2 unspecified atom stereocenters. The fraction of sp³-hybridized carbons (Fsp3) is 0.231. The number of nitrogens with one attached hydrogen (secondary N) is 1. The molecule has 2 heterocycles. The molecular formula is C13H8F5N3. The fourth-order valence-electron chi connectivity index (χ4n) is 2.11. The summed E-state index contributed by atoms with van der Waals surface area (Å²) in [4.78, 5) is 10.1. The van der Waals surface area contributed by atoms with E-state index >= 15 is 0 Å². The van der Waals surface area contributed by atoms with E-state index in [1.807, 2.05) is 0 Å². The topological polar surface area (TPSA) is 41.6 Å². The Kier molecular flexibility index (Phi) is 3.03. The lowest BCUT2D eigenvalue weighted by atomic mass is 10.1. The van der Waals surface area contributed by atoms with Crippen molar-refractivity contribution in [1.82, 2.24) is 15.0 Å². The molecule has 0 fully saturated rings. The highest BCUT2D eigenvalue weighted by Crippen LogP contribution is 2.34. The number of nitrogens with zero attached hydrogens (tertiary/aromatic N) is 2. The van der Waals surface area contributed by atoms with Gasteiger partial charge in [0, 0.05) is 18.0 Å². The summed E-state index contributed by atoms with van der Waals surface area (Å²) >= 11 is 0. The molecule has 0 radical (unpaired) electrons. The maximum absolute atomic E-state index is 13.2. The lowest BCUT2D eigenvalue weighted by Gasteiger charge is -2.09. The van der Waals surface area contributed by atoms with Crippen LogP contribution in [0.15, 0.2) is 18.5 Å². The van der Waals surface area contributed by atoms with E-state index in [0.717, 1.165) is 30.6 Å². The molecule has 2 aromatic rings. The Labute approximate surface area is 114 Å². The average Bonchev–Trinajstić information content (AvgIpc) is 2.81. The largest absolute Gasteiger partial charge is 0.417 e. The van der Waals surface area contributed by atoms with E-state index in [1.165, 1.54) is 0 Å². The summed E-state index contributed by atoms with van der Waals surface area (Å²) in [6.45, 7) is 0. The smallest absolute Gasteiger partial charge is 0.338 e. The Balaban J connectivity index is 2.19. The molecule has 3 nitrogen and oxygen atoms in total. The lowest BCUT2D eigenvalue weighted by Crippen LogP contribution is -2.34. The first-order valence-corrected chi connectivity index (χ1v) is 5.96. The van der Waals surface area contributed by atoms with Crippen LogP contribution < -0.4 is 10.7 Å². The molecule has 0 aliphatic heterocycles. The first-order valence-electron chi connectivity index (χ1n) is 5.96. The predicted molar refractivity (Wildman–Crippen MR) is 64.8 cm³/mol. The Morgan fingerprint density at radius 3 is 2.52 bits per heavy atom. The molecule has 0 aromatic carbocycles. The average molecular weight is 301 g/mol. The lowest BCUT2D eigenvalue weighted by molar-refractivity contribution is -0.137. The minimum atomic E-state index is -4.58. The number of alkyl halides is 5. The Bertz CT molecular complexity index is 755. The monoisotopic (exact) mass is 301 g/mol. The summed E-state index contributed by atoms with van der Waals surface area (Å²) in [5.41, 5.74) is -1.19. The number of fused-ring (bicyclic) bond motifs is 1. The van der Waals surface area contributed by atoms with E-state index in [0.29, 0.717) is 0 Å². The van der Waals surface area contributed by atoms with Crippen molar-refractivity contribution in [2.45, 2.75) is 18.5 Å². The van der Waals surface area contributed by atoms with Gasteiger partial charge in [-0.1, -0.05) is 0 Å². The van der Waals surface area contributed by atoms with Gasteiger partial charge in [0.05, 0.1) is 16.3 Å². The molecule has 110 valence electrons. The summed E-state index contributed by atoms with van der Waals surface area (Å²) in [5, 5.41) is 0.242. The third-order valence-electron chi connectivity index (χ3n) is 3.09. The zero-order valence-electron chi connectivity index (χ0n) is 10.3. The van der Waals surface area contributed by atoms with E-state index < -0.39 is 24.1 Å². The highest BCUT2D eigenvalue weighted by Gasteiger charge is 2.34. The molecule has 21 heavy (non-hydrogen) atoms. The van der Waals surface area contributed by atoms with E-state index in [9.17, 15) is 22.0 Å². The van der Waals surface area contributed by atoms with Crippen LogP contribution in [0.25, 0.3) is 23.5 Å². The van der Waals surface area contributed by atoms with E-state index in [2.05, 4.69) is 15.0 Å². The quantitative estimate of drug-likeness (QED) is 0.815. The molecular weight excluding hydrogens is 293 g/mol. The number of halogens is 5. The minimum Gasteiger partial charge on any atom is -0.338 e. The molecule has 3 rings (SSSR count). The standard InChI is InChI=1S/C13H8F5N3/c14-8-3-10-11(4-9(8)15)21-12(20-10)6-5-19-2-1-7(6)13(16,17)18/h1-5,8-9H,(H,20,21). The second-order valence-electron chi connectivity index (χ2n) is 4.53. The number of rotatable bonds is 1. The fourth-order valence-corrected chi connectivity index (χ4v) is 2.11. The summed E-state index contributed by atoms with van der Waals surface area (Å²) in [6, 6.07) is 0.820. The van der Waals surface area contributed by atoms with Crippen LogP contribution in [-0.2, 0) is 6.18 Å². The Morgan fingerprint density at radius 1 is 1.10 bits per heavy atom. The molecule has 8 heteroatoms. The molecule has 2 aromatic heterocycles. The number of hydrogen-bond donors (Lipinski definition) is 1. The molecule has 0 amide bonds. The van der Waals surface area contributed by atoms with Crippen molar-refractivity contribution in [3.63, 3.8) is 0 Å². The first kappa shape index (κ1) is 13.7. The van der Waals surface area contributed by atoms with Crippen LogP contribution in [0, 0.1) is 0 Å². The van der Waals surface area contributed by atoms with E-state index in [-0.39, 0.29) is 22.1 Å². The van der Waals surface area contributed by atoms with Crippen molar-refractivity contribution >= 4 is 12.2 Å². The van der Waals surface area contributed by atoms with Gasteiger partial charge in [-0.05, 0) is 18.2 Å². The summed E-state index contributed by atoms with van der Waals surface area (Å²) in [7, 11) is 0. The normalized spacial score (nSPS) is 21.4. The number of H-pyrrole nitrogens is 1. The number of imidazole rings is 1. The Morgan fingerprint density at radius 2 is 1.81 bits per heavy atom. The maximum Gasteiger partial charge on any atom is 0.417 e. The van der Waals surface area contributed by atoms with Crippen LogP contribution >= 0.6 is 0 Å². The zero-order valence-corrected chi connectivity index (χ0v) is 10.3. The SMILES string of the molecule is FC1C=c2nc(-c3cnccc3C(F)(F)F)[nH]c2=CC1F. The molecule has 2 atom stereocenters. The van der Waals surface area contributed by atoms with Gasteiger partial charge in [-0.2, -0.15) is 13.2 Å². The van der Waals surface area contributed by atoms with Crippen LogP contribution in [-0.4, -0.2) is 27.3 Å². The second kappa shape index (κ2) is 4.64. The van der Waals surface area contributed by atoms with Crippen LogP contribution in [0.1, 0.15) is 5.56 Å². The second-order valence-corrected chi connectivity index (χ2v) is 4.53. The zero-order chi connectivity index (χ0) is 15.2. The predicted octanol–water partition coefficient (Wildman–Crippen LogP) is 1.74. The summed E-state index contributed by atoms with van der Waals surface area (Å²) in [5.74, 6) is -0.130. The third kappa shape index (κ3) is 2.41. The van der Waals surface area contributed by atoms with Gasteiger partial charge in [-0.15, -0.1) is 0 Å². The number of aromatic amines is 1. The highest BCUT2D eigenvalue weighted by molar-refractivity contribution is 5.60. The molecule has 0 saturated heterocycles. The van der Waals surface area contributed by atoms with Crippen molar-refractivity contribution in [1.29, 1.82) is 0 Å². The Hall–Kier alpha value is -2.25. The molecule has 0 spiro atoms. The number of aromatic nitrogens is 3. The van der Waals surface area contributed by atoms with Gasteiger partial charge in [0.1, 0.15) is 5.82 Å². The highest BCUT2D eigenvalue weighted by atomic mass is 19.4. The molecule has 1 aliphatic carbocycles. The van der Waals surface area contributed by atoms with Crippen LogP contribution in [0.4, 0.5) is 22.0 Å². The minimum absolute atomic E-state index is 0.0865. The molecule has 1 N–H and O–H groups in total. The van der Waals surface area contributed by atoms with Crippen molar-refractivity contribution in [3.8, 4) is 11.4 Å². The molecule has 1 aliphatic rings. The van der Waals surface area contributed by atoms with Crippen LogP contribution in [0.5, 0.6) is 0 Å². The maximum atomic E-state index is 13.2. The van der Waals surface area contributed by atoms with Crippen molar-refractivity contribution in [2.24, 2.45) is 0 Å². The molecule has 0 saturated carbocycles. The van der Waals surface area contributed by atoms with Crippen molar-refractivity contribution < 1.29 is 22.0 Å². The number of pyridine rings is 1. The van der Waals surface area contributed by atoms with Gasteiger partial charge in [0.25, 0.3) is 0 Å². The van der Waals surface area contributed by atoms with Crippen LogP contribution in [0.3, 0.4) is 0 Å². The third-order valence-corrected chi connectivity index (χ3v) is 3.09. The van der Waals surface area contributed by atoms with Gasteiger partial charge in [-0.3, -0.25) is 4.98 Å². The van der Waals surface area contributed by atoms with Crippen molar-refractivity contribution in [2.75, 3.05) is 0 Å². The van der Waals surface area contributed by atoms with Gasteiger partial charge in [0.15, 0.2) is 12.3 Å². The van der Waals surface area contributed by atoms with Crippen LogP contribution in [0.2, 0.25) is 0 Å². The van der Waals surface area contributed by atoms with E-state index in [4.69, 9.17) is 0 Å². The van der Waals surface area contributed by atoms with Crippen molar-refractivity contribution in [3.05, 3.63) is 34.7 Å². The van der Waals surface area contributed by atoms with Gasteiger partial charge < -0.3 is 4.98 Å². The van der Waals surface area contributed by atoms with Gasteiger partial charge in [0.2, 0.25) is 0 Å². The summed E-state index contributed by atoms with van der Waals surface area (Å²) < 4.78 is 65.3. The van der Waals surface area contributed by atoms with Gasteiger partial charge >= 0.3 is 6.18 Å². The van der Waals surface area contributed by atoms with Gasteiger partial charge in [-0.25, -0.2) is 13.8 Å². The van der Waals surface area contributed by atoms with E-state index in [1.54, 1.807) is 0 Å². The number of hydrogen-bond acceptors (Lipinski definition) is 2. The first-order chi connectivity index (χ1) is 9.86. The molecule has 0 bridgehead atoms. The summed E-state index contributed by atoms with van der Waals surface area (Å²) in [6.07, 6.45) is -4.37.